The standard InChI is InChI=1S/C10H13FO2S/c1-8(2)10-5-3-9(4-6-10)7-14(11,12)13/h3-6,8H,7H2,1-2H3. The predicted octanol–water partition coefficient (Wildman–Crippen LogP) is 2.61. The van der Waals surface area contributed by atoms with Gasteiger partial charge < -0.3 is 0 Å². The molecule has 0 N–H and O–H groups in total. The van der Waals surface area contributed by atoms with Crippen LogP contribution in [0.15, 0.2) is 24.3 Å². The van der Waals surface area contributed by atoms with Gasteiger partial charge in [0.15, 0.2) is 0 Å². The molecule has 78 valence electrons. The van der Waals surface area contributed by atoms with Crippen LogP contribution in [0, 0.1) is 0 Å². The molecular weight excluding hydrogens is 203 g/mol. The van der Waals surface area contributed by atoms with Crippen LogP contribution >= 0.6 is 0 Å². The maximum Gasteiger partial charge on any atom is 0.306 e. The molecule has 0 aliphatic heterocycles. The maximum absolute atomic E-state index is 12.3. The Morgan fingerprint density at radius 2 is 1.71 bits per heavy atom. The third-order valence-corrected chi connectivity index (χ3v) is 2.66. The summed E-state index contributed by atoms with van der Waals surface area (Å²) in [5.74, 6) is -0.142. The van der Waals surface area contributed by atoms with Gasteiger partial charge in [0.1, 0.15) is 5.75 Å². The van der Waals surface area contributed by atoms with E-state index in [-0.39, 0.29) is 0 Å². The molecule has 0 amide bonds. The quantitative estimate of drug-likeness (QED) is 0.728. The fraction of sp³-hybridized carbons (Fsp3) is 0.400. The topological polar surface area (TPSA) is 34.1 Å². The Morgan fingerprint density at radius 1 is 1.21 bits per heavy atom. The van der Waals surface area contributed by atoms with Crippen LogP contribution in [0.5, 0.6) is 0 Å². The van der Waals surface area contributed by atoms with Crippen LogP contribution in [0.3, 0.4) is 0 Å². The zero-order valence-electron chi connectivity index (χ0n) is 8.20. The second-order valence-corrected chi connectivity index (χ2v) is 4.95. The first-order valence-electron chi connectivity index (χ1n) is 4.39. The van der Waals surface area contributed by atoms with Crippen LogP contribution in [-0.4, -0.2) is 8.42 Å². The van der Waals surface area contributed by atoms with Crippen molar-refractivity contribution in [2.75, 3.05) is 0 Å². The van der Waals surface area contributed by atoms with Gasteiger partial charge in [-0.2, -0.15) is 8.42 Å². The van der Waals surface area contributed by atoms with Gasteiger partial charge in [0.05, 0.1) is 0 Å². The first-order chi connectivity index (χ1) is 6.38. The van der Waals surface area contributed by atoms with E-state index in [0.29, 0.717) is 11.5 Å². The van der Waals surface area contributed by atoms with Crippen molar-refractivity contribution in [1.82, 2.24) is 0 Å². The molecular formula is C10H13FO2S. The molecule has 0 saturated carbocycles. The van der Waals surface area contributed by atoms with Gasteiger partial charge in [0.25, 0.3) is 0 Å². The molecule has 0 heterocycles. The van der Waals surface area contributed by atoms with Crippen molar-refractivity contribution in [3.63, 3.8) is 0 Å². The minimum Gasteiger partial charge on any atom is -0.194 e. The molecule has 0 atom stereocenters. The average Bonchev–Trinajstić information content (AvgIpc) is 2.02. The summed E-state index contributed by atoms with van der Waals surface area (Å²) < 4.78 is 33.0. The van der Waals surface area contributed by atoms with E-state index < -0.39 is 16.0 Å². The van der Waals surface area contributed by atoms with Crippen LogP contribution in [0.25, 0.3) is 0 Å². The monoisotopic (exact) mass is 216 g/mol. The summed E-state index contributed by atoms with van der Waals surface area (Å²) in [6, 6.07) is 6.94. The van der Waals surface area contributed by atoms with E-state index in [9.17, 15) is 12.3 Å². The second kappa shape index (κ2) is 4.09. The van der Waals surface area contributed by atoms with E-state index in [0.717, 1.165) is 5.56 Å². The summed E-state index contributed by atoms with van der Waals surface area (Å²) in [5.41, 5.74) is 1.60. The van der Waals surface area contributed by atoms with E-state index in [1.54, 1.807) is 12.1 Å². The maximum atomic E-state index is 12.3. The van der Waals surface area contributed by atoms with Crippen molar-refractivity contribution in [3.8, 4) is 0 Å². The van der Waals surface area contributed by atoms with Crippen LogP contribution in [-0.2, 0) is 16.0 Å². The van der Waals surface area contributed by atoms with Crippen molar-refractivity contribution >= 4 is 10.2 Å². The third kappa shape index (κ3) is 3.46. The Hall–Kier alpha value is -0.900. The highest BCUT2D eigenvalue weighted by molar-refractivity contribution is 7.85. The van der Waals surface area contributed by atoms with Crippen LogP contribution in [0.2, 0.25) is 0 Å². The highest BCUT2D eigenvalue weighted by Crippen LogP contribution is 2.16. The summed E-state index contributed by atoms with van der Waals surface area (Å²) in [4.78, 5) is 0. The minimum absolute atomic E-state index is 0.394. The van der Waals surface area contributed by atoms with Crippen molar-refractivity contribution in [2.24, 2.45) is 0 Å². The first-order valence-corrected chi connectivity index (χ1v) is 5.95. The van der Waals surface area contributed by atoms with Gasteiger partial charge in [0.2, 0.25) is 0 Å². The molecule has 0 aromatic heterocycles. The fourth-order valence-corrected chi connectivity index (χ4v) is 1.79. The summed E-state index contributed by atoms with van der Waals surface area (Å²) >= 11 is 0. The van der Waals surface area contributed by atoms with Crippen molar-refractivity contribution in [1.29, 1.82) is 0 Å². The van der Waals surface area contributed by atoms with Crippen LogP contribution < -0.4 is 0 Å². The zero-order chi connectivity index (χ0) is 10.8. The van der Waals surface area contributed by atoms with Gasteiger partial charge in [-0.1, -0.05) is 38.1 Å². The second-order valence-electron chi connectivity index (χ2n) is 3.58. The Kier molecular flexibility index (Phi) is 3.26. The molecule has 1 aromatic carbocycles. The molecule has 0 unspecified atom stereocenters. The van der Waals surface area contributed by atoms with Gasteiger partial charge in [0, 0.05) is 0 Å². The molecule has 0 spiro atoms. The van der Waals surface area contributed by atoms with Gasteiger partial charge in [-0.25, -0.2) is 0 Å². The van der Waals surface area contributed by atoms with Crippen molar-refractivity contribution < 1.29 is 12.3 Å². The van der Waals surface area contributed by atoms with Crippen molar-refractivity contribution in [2.45, 2.75) is 25.5 Å². The number of halogens is 1. The van der Waals surface area contributed by atoms with Crippen LogP contribution in [0.1, 0.15) is 30.9 Å². The van der Waals surface area contributed by atoms with Gasteiger partial charge >= 0.3 is 10.2 Å². The van der Waals surface area contributed by atoms with Crippen LogP contribution in [0.4, 0.5) is 3.89 Å². The molecule has 2 nitrogen and oxygen atoms in total. The third-order valence-electron chi connectivity index (χ3n) is 1.99. The average molecular weight is 216 g/mol. The smallest absolute Gasteiger partial charge is 0.194 e. The zero-order valence-corrected chi connectivity index (χ0v) is 9.01. The Bertz CT molecular complexity index is 393. The summed E-state index contributed by atoms with van der Waals surface area (Å²) in [5, 5.41) is 0. The molecule has 14 heavy (non-hydrogen) atoms. The van der Waals surface area contributed by atoms with E-state index >= 15 is 0 Å². The molecule has 0 bridgehead atoms. The molecule has 0 aliphatic rings. The fourth-order valence-electron chi connectivity index (χ4n) is 1.20. The lowest BCUT2D eigenvalue weighted by molar-refractivity contribution is 0.551. The van der Waals surface area contributed by atoms with E-state index in [1.807, 2.05) is 26.0 Å². The molecule has 0 radical (unpaired) electrons. The Labute approximate surface area is 84.0 Å². The van der Waals surface area contributed by atoms with E-state index in [4.69, 9.17) is 0 Å². The molecule has 0 fully saturated rings. The minimum atomic E-state index is -4.41. The number of hydrogen-bond acceptors (Lipinski definition) is 2. The predicted molar refractivity (Wildman–Crippen MR) is 54.3 cm³/mol. The van der Waals surface area contributed by atoms with Crippen molar-refractivity contribution in [3.05, 3.63) is 35.4 Å². The largest absolute Gasteiger partial charge is 0.306 e. The number of benzene rings is 1. The molecule has 0 saturated heterocycles. The number of hydrogen-bond donors (Lipinski definition) is 0. The normalized spacial score (nSPS) is 12.0. The molecule has 1 rings (SSSR count). The summed E-state index contributed by atoms with van der Waals surface area (Å²) in [7, 11) is -4.41. The first kappa shape index (κ1) is 11.2. The summed E-state index contributed by atoms with van der Waals surface area (Å²) in [6.07, 6.45) is 0. The van der Waals surface area contributed by atoms with E-state index in [1.165, 1.54) is 0 Å². The van der Waals surface area contributed by atoms with Gasteiger partial charge in [-0.05, 0) is 17.0 Å². The SMILES string of the molecule is CC(C)c1ccc(CS(=O)(=O)F)cc1. The van der Waals surface area contributed by atoms with Gasteiger partial charge in [-0.15, -0.1) is 3.89 Å². The Morgan fingerprint density at radius 3 is 2.07 bits per heavy atom. The highest BCUT2D eigenvalue weighted by Gasteiger charge is 2.08. The number of rotatable bonds is 3. The summed E-state index contributed by atoms with van der Waals surface area (Å²) in [6.45, 7) is 4.09. The van der Waals surface area contributed by atoms with E-state index in [2.05, 4.69) is 0 Å². The molecule has 0 aliphatic carbocycles. The lowest BCUT2D eigenvalue weighted by Crippen LogP contribution is -1.96. The van der Waals surface area contributed by atoms with Gasteiger partial charge in [-0.3, -0.25) is 0 Å². The Balaban J connectivity index is 2.84. The highest BCUT2D eigenvalue weighted by atomic mass is 32.3. The molecule has 4 heteroatoms. The molecule has 1 aromatic rings. The lowest BCUT2D eigenvalue weighted by Gasteiger charge is -2.05. The lowest BCUT2D eigenvalue weighted by atomic mass is 10.0.